The van der Waals surface area contributed by atoms with Crippen molar-refractivity contribution < 1.29 is 14.3 Å². The van der Waals surface area contributed by atoms with Gasteiger partial charge in [0, 0.05) is 19.2 Å². The Labute approximate surface area is 127 Å². The smallest absolute Gasteiger partial charge is 0.263 e. The van der Waals surface area contributed by atoms with Crippen molar-refractivity contribution in [3.05, 3.63) is 24.3 Å². The molecule has 1 aromatic carbocycles. The lowest BCUT2D eigenvalue weighted by Crippen LogP contribution is -2.45. The molecule has 1 saturated heterocycles. The Morgan fingerprint density at radius 1 is 1.33 bits per heavy atom. The molecule has 1 aliphatic rings. The molecule has 4 nitrogen and oxygen atoms in total. The number of nitrogens with zero attached hydrogens (tertiary/aromatic N) is 1. The van der Waals surface area contributed by atoms with Crippen molar-refractivity contribution in [3.63, 3.8) is 0 Å². The van der Waals surface area contributed by atoms with Crippen molar-refractivity contribution in [3.8, 4) is 11.5 Å². The first-order valence-electron chi connectivity index (χ1n) is 7.73. The van der Waals surface area contributed by atoms with Crippen molar-refractivity contribution >= 4 is 5.91 Å². The van der Waals surface area contributed by atoms with Gasteiger partial charge < -0.3 is 14.4 Å². The number of piperidine rings is 1. The van der Waals surface area contributed by atoms with Gasteiger partial charge in [-0.25, -0.2) is 0 Å². The molecular formula is C17H25NO3. The highest BCUT2D eigenvalue weighted by molar-refractivity contribution is 5.81. The van der Waals surface area contributed by atoms with Gasteiger partial charge in [0.2, 0.25) is 0 Å². The van der Waals surface area contributed by atoms with E-state index in [0.717, 1.165) is 31.7 Å². The monoisotopic (exact) mass is 291 g/mol. The Balaban J connectivity index is 2.00. The van der Waals surface area contributed by atoms with Crippen LogP contribution in [0, 0.1) is 5.92 Å². The quantitative estimate of drug-likeness (QED) is 0.836. The molecule has 1 heterocycles. The van der Waals surface area contributed by atoms with Gasteiger partial charge in [0.05, 0.1) is 7.11 Å². The Morgan fingerprint density at radius 3 is 2.62 bits per heavy atom. The predicted octanol–water partition coefficient (Wildman–Crippen LogP) is 3.11. The van der Waals surface area contributed by atoms with Gasteiger partial charge in [-0.1, -0.05) is 19.9 Å². The number of likely N-dealkylation sites (tertiary alicyclic amines) is 1. The number of hydrogen-bond donors (Lipinski definition) is 0. The molecule has 1 aromatic rings. The third kappa shape index (κ3) is 4.13. The lowest BCUT2D eigenvalue weighted by atomic mass is 9.99. The number of ether oxygens (including phenoxy) is 2. The molecular weight excluding hydrogens is 266 g/mol. The third-order valence-electron chi connectivity index (χ3n) is 4.06. The number of amides is 1. The fourth-order valence-corrected chi connectivity index (χ4v) is 2.58. The summed E-state index contributed by atoms with van der Waals surface area (Å²) in [4.78, 5) is 14.5. The summed E-state index contributed by atoms with van der Waals surface area (Å²) in [5, 5.41) is 0. The van der Waals surface area contributed by atoms with E-state index in [9.17, 15) is 4.79 Å². The summed E-state index contributed by atoms with van der Waals surface area (Å²) in [7, 11) is 1.62. The van der Waals surface area contributed by atoms with Crippen LogP contribution in [0.5, 0.6) is 11.5 Å². The zero-order valence-corrected chi connectivity index (χ0v) is 13.2. The predicted molar refractivity (Wildman–Crippen MR) is 82.7 cm³/mol. The molecule has 4 heteroatoms. The molecule has 0 aliphatic carbocycles. The van der Waals surface area contributed by atoms with Crippen LogP contribution in [0.4, 0.5) is 0 Å². The van der Waals surface area contributed by atoms with E-state index in [-0.39, 0.29) is 5.91 Å². The van der Waals surface area contributed by atoms with Crippen LogP contribution in [0.2, 0.25) is 0 Å². The maximum absolute atomic E-state index is 12.6. The van der Waals surface area contributed by atoms with Crippen LogP contribution < -0.4 is 9.47 Å². The number of carbonyl (C=O) groups excluding carboxylic acids is 1. The lowest BCUT2D eigenvalue weighted by molar-refractivity contribution is -0.140. The average molecular weight is 291 g/mol. The van der Waals surface area contributed by atoms with Crippen molar-refractivity contribution in [2.24, 2.45) is 5.92 Å². The number of hydrogen-bond acceptors (Lipinski definition) is 3. The molecule has 0 unspecified atom stereocenters. The Kier molecular flexibility index (Phi) is 5.48. The molecule has 0 bridgehead atoms. The van der Waals surface area contributed by atoms with Crippen LogP contribution in [0.25, 0.3) is 0 Å². The molecule has 0 aromatic heterocycles. The molecule has 0 spiro atoms. The highest BCUT2D eigenvalue weighted by Gasteiger charge is 2.27. The fourth-order valence-electron chi connectivity index (χ4n) is 2.58. The summed E-state index contributed by atoms with van der Waals surface area (Å²) in [6.07, 6.45) is 2.43. The van der Waals surface area contributed by atoms with Crippen molar-refractivity contribution in [2.45, 2.75) is 39.2 Å². The molecule has 2 rings (SSSR count). The fraction of sp³-hybridized carbons (Fsp3) is 0.588. The molecule has 0 saturated carbocycles. The molecule has 116 valence electrons. The first kappa shape index (κ1) is 15.7. The largest absolute Gasteiger partial charge is 0.497 e. The van der Waals surface area contributed by atoms with Gasteiger partial charge in [-0.2, -0.15) is 0 Å². The van der Waals surface area contributed by atoms with Crippen LogP contribution in [0.15, 0.2) is 24.3 Å². The normalized spacial score (nSPS) is 17.4. The maximum atomic E-state index is 12.6. The van der Waals surface area contributed by atoms with E-state index in [1.54, 1.807) is 7.11 Å². The Hall–Kier alpha value is -1.71. The SMILES string of the molecule is CC[C@H](Oc1cccc(OC)c1)C(=O)N1CCC(C)CC1. The molecule has 21 heavy (non-hydrogen) atoms. The zero-order chi connectivity index (χ0) is 15.2. The first-order valence-corrected chi connectivity index (χ1v) is 7.73. The summed E-state index contributed by atoms with van der Waals surface area (Å²) in [5.41, 5.74) is 0. The second-order valence-corrected chi connectivity index (χ2v) is 5.70. The van der Waals surface area contributed by atoms with Crippen molar-refractivity contribution in [1.29, 1.82) is 0 Å². The highest BCUT2D eigenvalue weighted by Crippen LogP contribution is 2.22. The zero-order valence-electron chi connectivity index (χ0n) is 13.2. The topological polar surface area (TPSA) is 38.8 Å². The molecule has 1 amide bonds. The van der Waals surface area contributed by atoms with Gasteiger partial charge in [-0.05, 0) is 37.3 Å². The van der Waals surface area contributed by atoms with E-state index in [1.807, 2.05) is 36.1 Å². The summed E-state index contributed by atoms with van der Waals surface area (Å²) in [6.45, 7) is 5.91. The molecule has 1 aliphatic heterocycles. The van der Waals surface area contributed by atoms with Crippen LogP contribution in [0.1, 0.15) is 33.1 Å². The second kappa shape index (κ2) is 7.34. The first-order chi connectivity index (χ1) is 10.1. The Bertz CT molecular complexity index is 467. The van der Waals surface area contributed by atoms with Crippen molar-refractivity contribution in [1.82, 2.24) is 4.90 Å². The number of methoxy groups -OCH3 is 1. The standard InChI is InChI=1S/C17H25NO3/c1-4-16(17(19)18-10-8-13(2)9-11-18)21-15-7-5-6-14(12-15)20-3/h5-7,12-13,16H,4,8-11H2,1-3H3/t16-/m0/s1. The number of rotatable bonds is 5. The van der Waals surface area contributed by atoms with Crippen molar-refractivity contribution in [2.75, 3.05) is 20.2 Å². The minimum absolute atomic E-state index is 0.104. The maximum Gasteiger partial charge on any atom is 0.263 e. The third-order valence-corrected chi connectivity index (χ3v) is 4.06. The molecule has 0 N–H and O–H groups in total. The van der Waals surface area contributed by atoms with Crippen LogP contribution in [-0.2, 0) is 4.79 Å². The minimum Gasteiger partial charge on any atom is -0.497 e. The second-order valence-electron chi connectivity index (χ2n) is 5.70. The number of carbonyl (C=O) groups is 1. The van der Waals surface area contributed by atoms with Gasteiger partial charge in [0.25, 0.3) is 5.91 Å². The van der Waals surface area contributed by atoms with E-state index in [0.29, 0.717) is 18.1 Å². The van der Waals surface area contributed by atoms with E-state index in [1.165, 1.54) is 0 Å². The Morgan fingerprint density at radius 2 is 2.00 bits per heavy atom. The molecule has 1 fully saturated rings. The van der Waals surface area contributed by atoms with Crippen LogP contribution in [0.3, 0.4) is 0 Å². The molecule has 0 radical (unpaired) electrons. The summed E-state index contributed by atoms with van der Waals surface area (Å²) in [5.74, 6) is 2.24. The van der Waals surface area contributed by atoms with Gasteiger partial charge in [0.15, 0.2) is 6.10 Å². The van der Waals surface area contributed by atoms with Gasteiger partial charge in [-0.15, -0.1) is 0 Å². The highest BCUT2D eigenvalue weighted by atomic mass is 16.5. The summed E-state index contributed by atoms with van der Waals surface area (Å²) < 4.78 is 11.1. The summed E-state index contributed by atoms with van der Waals surface area (Å²) in [6, 6.07) is 7.40. The summed E-state index contributed by atoms with van der Waals surface area (Å²) >= 11 is 0. The van der Waals surface area contributed by atoms with E-state index in [2.05, 4.69) is 6.92 Å². The van der Waals surface area contributed by atoms with Gasteiger partial charge in [0.1, 0.15) is 11.5 Å². The van der Waals surface area contributed by atoms with Crippen LogP contribution >= 0.6 is 0 Å². The van der Waals surface area contributed by atoms with Crippen LogP contribution in [-0.4, -0.2) is 37.1 Å². The molecule has 1 atom stereocenters. The van der Waals surface area contributed by atoms with E-state index >= 15 is 0 Å². The number of benzene rings is 1. The minimum atomic E-state index is -0.412. The van der Waals surface area contributed by atoms with E-state index in [4.69, 9.17) is 9.47 Å². The van der Waals surface area contributed by atoms with Gasteiger partial charge >= 0.3 is 0 Å². The van der Waals surface area contributed by atoms with E-state index < -0.39 is 6.10 Å². The lowest BCUT2D eigenvalue weighted by Gasteiger charge is -2.32. The average Bonchev–Trinajstić information content (AvgIpc) is 2.53. The van der Waals surface area contributed by atoms with Gasteiger partial charge in [-0.3, -0.25) is 4.79 Å².